The lowest BCUT2D eigenvalue weighted by Gasteiger charge is -2.13. The van der Waals surface area contributed by atoms with Gasteiger partial charge in [0.05, 0.1) is 13.2 Å². The monoisotopic (exact) mass is 372 g/mol. The van der Waals surface area contributed by atoms with Crippen LogP contribution in [-0.4, -0.2) is 44.1 Å². The van der Waals surface area contributed by atoms with Gasteiger partial charge in [0, 0.05) is 32.0 Å². The third-order valence-corrected chi connectivity index (χ3v) is 5.13. The van der Waals surface area contributed by atoms with Crippen molar-refractivity contribution in [2.24, 2.45) is 4.99 Å². The summed E-state index contributed by atoms with van der Waals surface area (Å²) in [5.74, 6) is 1.91. The highest BCUT2D eigenvalue weighted by molar-refractivity contribution is 5.80. The zero-order valence-electron chi connectivity index (χ0n) is 16.4. The summed E-state index contributed by atoms with van der Waals surface area (Å²) >= 11 is 0. The maximum absolute atomic E-state index is 12.0. The molecule has 0 saturated heterocycles. The van der Waals surface area contributed by atoms with Gasteiger partial charge < -0.3 is 20.7 Å². The molecule has 0 atom stereocenters. The molecule has 0 bridgehead atoms. The minimum atomic E-state index is 0.113. The first-order valence-corrected chi connectivity index (χ1v) is 10.3. The Morgan fingerprint density at radius 2 is 2.11 bits per heavy atom. The van der Waals surface area contributed by atoms with Crippen molar-refractivity contribution < 1.29 is 9.53 Å². The van der Waals surface area contributed by atoms with Gasteiger partial charge >= 0.3 is 0 Å². The van der Waals surface area contributed by atoms with Crippen LogP contribution in [0.15, 0.2) is 23.2 Å². The molecule has 1 fully saturated rings. The van der Waals surface area contributed by atoms with Crippen molar-refractivity contribution in [2.75, 3.05) is 26.2 Å². The lowest BCUT2D eigenvalue weighted by Crippen LogP contribution is -2.38. The molecule has 2 aliphatic rings. The molecular weight excluding hydrogens is 340 g/mol. The van der Waals surface area contributed by atoms with Gasteiger partial charge in [0.2, 0.25) is 5.91 Å². The molecule has 148 valence electrons. The molecule has 6 nitrogen and oxygen atoms in total. The van der Waals surface area contributed by atoms with Crippen LogP contribution in [0.25, 0.3) is 0 Å². The van der Waals surface area contributed by atoms with Crippen LogP contribution in [0.1, 0.15) is 50.2 Å². The predicted molar refractivity (Wildman–Crippen MR) is 108 cm³/mol. The van der Waals surface area contributed by atoms with Crippen LogP contribution in [0.2, 0.25) is 0 Å². The largest absolute Gasteiger partial charge is 0.493 e. The Morgan fingerprint density at radius 1 is 1.26 bits per heavy atom. The molecule has 0 radical (unpaired) electrons. The van der Waals surface area contributed by atoms with Gasteiger partial charge in [0.25, 0.3) is 0 Å². The van der Waals surface area contributed by atoms with E-state index in [1.54, 1.807) is 0 Å². The van der Waals surface area contributed by atoms with Crippen molar-refractivity contribution in [2.45, 2.75) is 57.9 Å². The summed E-state index contributed by atoms with van der Waals surface area (Å²) in [6.07, 6.45) is 7.08. The van der Waals surface area contributed by atoms with E-state index in [0.717, 1.165) is 57.1 Å². The zero-order chi connectivity index (χ0) is 18.9. The minimum absolute atomic E-state index is 0.113. The molecule has 1 saturated carbocycles. The average molecular weight is 373 g/mol. The predicted octanol–water partition coefficient (Wildman–Crippen LogP) is 2.17. The number of fused-ring (bicyclic) bond motifs is 1. The van der Waals surface area contributed by atoms with Crippen molar-refractivity contribution in [1.82, 2.24) is 16.0 Å². The fourth-order valence-electron chi connectivity index (χ4n) is 3.70. The molecule has 1 heterocycles. The van der Waals surface area contributed by atoms with Gasteiger partial charge in [0.1, 0.15) is 5.75 Å². The normalized spacial score (nSPS) is 16.7. The summed E-state index contributed by atoms with van der Waals surface area (Å²) in [6.45, 7) is 4.95. The molecule has 1 amide bonds. The van der Waals surface area contributed by atoms with Crippen LogP contribution in [0.5, 0.6) is 5.75 Å². The Balaban J connectivity index is 1.39. The third-order valence-electron chi connectivity index (χ3n) is 5.13. The van der Waals surface area contributed by atoms with Crippen molar-refractivity contribution in [1.29, 1.82) is 0 Å². The van der Waals surface area contributed by atoms with Gasteiger partial charge in [-0.15, -0.1) is 0 Å². The van der Waals surface area contributed by atoms with Crippen molar-refractivity contribution in [3.8, 4) is 5.75 Å². The van der Waals surface area contributed by atoms with Gasteiger partial charge in [-0.3, -0.25) is 9.79 Å². The lowest BCUT2D eigenvalue weighted by atomic mass is 10.1. The van der Waals surface area contributed by atoms with E-state index >= 15 is 0 Å². The molecular formula is C21H32N4O2. The number of carbonyl (C=O) groups excluding carboxylic acids is 1. The van der Waals surface area contributed by atoms with E-state index in [9.17, 15) is 4.79 Å². The molecule has 3 N–H and O–H groups in total. The Kier molecular flexibility index (Phi) is 7.36. The fraction of sp³-hybridized carbons (Fsp3) is 0.619. The Bertz CT molecular complexity index is 654. The number of carbonyl (C=O) groups is 1. The molecule has 1 aromatic rings. The molecule has 1 aromatic carbocycles. The highest BCUT2D eigenvalue weighted by atomic mass is 16.5. The number of benzene rings is 1. The van der Waals surface area contributed by atoms with E-state index < -0.39 is 0 Å². The number of rotatable bonds is 8. The van der Waals surface area contributed by atoms with Gasteiger partial charge in [0.15, 0.2) is 5.96 Å². The Hall–Kier alpha value is -2.24. The summed E-state index contributed by atoms with van der Waals surface area (Å²) in [5, 5.41) is 9.71. The molecule has 1 aliphatic heterocycles. The summed E-state index contributed by atoms with van der Waals surface area (Å²) in [6, 6.07) is 6.82. The van der Waals surface area contributed by atoms with Crippen molar-refractivity contribution in [3.05, 3.63) is 29.3 Å². The SMILES string of the molecule is CCNC(=NCCC(=O)NC1CCCC1)NCCc1ccc2c(c1)CCO2. The maximum atomic E-state index is 12.0. The first-order chi connectivity index (χ1) is 13.2. The van der Waals surface area contributed by atoms with Crippen LogP contribution in [0.4, 0.5) is 0 Å². The van der Waals surface area contributed by atoms with Crippen molar-refractivity contribution in [3.63, 3.8) is 0 Å². The second kappa shape index (κ2) is 10.2. The average Bonchev–Trinajstić information content (AvgIpc) is 3.33. The summed E-state index contributed by atoms with van der Waals surface area (Å²) in [4.78, 5) is 16.5. The summed E-state index contributed by atoms with van der Waals surface area (Å²) in [7, 11) is 0. The number of ether oxygens (including phenoxy) is 1. The van der Waals surface area contributed by atoms with Crippen LogP contribution in [0.3, 0.4) is 0 Å². The van der Waals surface area contributed by atoms with Crippen LogP contribution >= 0.6 is 0 Å². The van der Waals surface area contributed by atoms with Gasteiger partial charge in [-0.25, -0.2) is 0 Å². The van der Waals surface area contributed by atoms with E-state index in [1.165, 1.54) is 24.0 Å². The third kappa shape index (κ3) is 6.15. The number of amides is 1. The first-order valence-electron chi connectivity index (χ1n) is 10.3. The highest BCUT2D eigenvalue weighted by Crippen LogP contribution is 2.25. The smallest absolute Gasteiger partial charge is 0.222 e. The van der Waals surface area contributed by atoms with E-state index in [4.69, 9.17) is 4.74 Å². The first kappa shape index (κ1) is 19.5. The van der Waals surface area contributed by atoms with Gasteiger partial charge in [-0.2, -0.15) is 0 Å². The van der Waals surface area contributed by atoms with Crippen LogP contribution in [0, 0.1) is 0 Å². The number of hydrogen-bond donors (Lipinski definition) is 3. The standard InChI is InChI=1S/C21H32N4O2/c1-2-22-21(24-13-10-20(26)25-18-5-3-4-6-18)23-12-9-16-7-8-19-17(15-16)11-14-27-19/h7-8,15,18H,2-6,9-14H2,1H3,(H,25,26)(H2,22,23,24). The second-order valence-corrected chi connectivity index (χ2v) is 7.28. The summed E-state index contributed by atoms with van der Waals surface area (Å²) < 4.78 is 5.56. The zero-order valence-corrected chi connectivity index (χ0v) is 16.4. The van der Waals surface area contributed by atoms with Crippen molar-refractivity contribution >= 4 is 11.9 Å². The number of nitrogens with zero attached hydrogens (tertiary/aromatic N) is 1. The van der Waals surface area contributed by atoms with E-state index in [2.05, 4.69) is 39.1 Å². The maximum Gasteiger partial charge on any atom is 0.222 e. The Labute approximate surface area is 162 Å². The highest BCUT2D eigenvalue weighted by Gasteiger charge is 2.16. The summed E-state index contributed by atoms with van der Waals surface area (Å²) in [5.41, 5.74) is 2.61. The molecule has 27 heavy (non-hydrogen) atoms. The Morgan fingerprint density at radius 3 is 2.93 bits per heavy atom. The van der Waals surface area contributed by atoms with Gasteiger partial charge in [-0.05, 0) is 43.4 Å². The number of nitrogens with one attached hydrogen (secondary N) is 3. The van der Waals surface area contributed by atoms with Crippen LogP contribution < -0.4 is 20.7 Å². The fourth-order valence-corrected chi connectivity index (χ4v) is 3.70. The molecule has 0 unspecified atom stereocenters. The topological polar surface area (TPSA) is 74.8 Å². The number of hydrogen-bond acceptors (Lipinski definition) is 3. The number of guanidine groups is 1. The van der Waals surface area contributed by atoms with E-state index in [1.807, 2.05) is 6.92 Å². The number of aliphatic imine (C=N–C) groups is 1. The molecule has 0 aromatic heterocycles. The molecule has 3 rings (SSSR count). The lowest BCUT2D eigenvalue weighted by molar-refractivity contribution is -0.121. The second-order valence-electron chi connectivity index (χ2n) is 7.28. The molecule has 0 spiro atoms. The van der Waals surface area contributed by atoms with E-state index in [0.29, 0.717) is 19.0 Å². The van der Waals surface area contributed by atoms with E-state index in [-0.39, 0.29) is 5.91 Å². The van der Waals surface area contributed by atoms with Gasteiger partial charge in [-0.1, -0.05) is 25.0 Å². The minimum Gasteiger partial charge on any atom is -0.493 e. The van der Waals surface area contributed by atoms with Crippen LogP contribution in [-0.2, 0) is 17.6 Å². The molecule has 6 heteroatoms. The molecule has 1 aliphatic carbocycles. The quantitative estimate of drug-likeness (QED) is 0.483.